The number of carbonyl (C=O) groups is 1. The van der Waals surface area contributed by atoms with Gasteiger partial charge in [0.15, 0.2) is 16.6 Å². The third kappa shape index (κ3) is 5.02. The molecule has 1 heterocycles. The molecular weight excluding hydrogens is 324 g/mol. The van der Waals surface area contributed by atoms with Gasteiger partial charge >= 0.3 is 5.97 Å². The van der Waals surface area contributed by atoms with Crippen LogP contribution in [-0.2, 0) is 18.4 Å². The van der Waals surface area contributed by atoms with E-state index in [0.29, 0.717) is 25.7 Å². The topological polar surface area (TPSA) is 44.8 Å². The lowest BCUT2D eigenvalue weighted by molar-refractivity contribution is -0.148. The summed E-state index contributed by atoms with van der Waals surface area (Å²) in [5.41, 5.74) is -0.401. The van der Waals surface area contributed by atoms with Crippen LogP contribution in [0.5, 0.6) is 0 Å². The fraction of sp³-hybridized carbons (Fsp3) is 0.824. The largest absolute Gasteiger partial charge is 0.465 e. The van der Waals surface area contributed by atoms with Crippen LogP contribution in [0.15, 0.2) is 12.2 Å². The Hall–Kier alpha value is -0.436. The SMILES string of the molecule is C[Si](C)(C)OCC[C@]12C[C@@H](CO[Si](C)(C)C)C=C[C@H]1COC2=O. The monoisotopic (exact) mass is 356 g/mol. The van der Waals surface area contributed by atoms with E-state index in [1.165, 1.54) is 0 Å². The molecule has 0 aromatic carbocycles. The molecule has 0 amide bonds. The number of hydrogen-bond acceptors (Lipinski definition) is 4. The third-order valence-electron chi connectivity index (χ3n) is 4.57. The second kappa shape index (κ2) is 6.82. The summed E-state index contributed by atoms with van der Waals surface area (Å²) in [7, 11) is -3.09. The van der Waals surface area contributed by atoms with Gasteiger partial charge in [0.2, 0.25) is 0 Å². The van der Waals surface area contributed by atoms with E-state index < -0.39 is 22.0 Å². The van der Waals surface area contributed by atoms with E-state index in [0.717, 1.165) is 12.8 Å². The van der Waals surface area contributed by atoms with Crippen LogP contribution in [0, 0.1) is 17.3 Å². The average molecular weight is 357 g/mol. The van der Waals surface area contributed by atoms with Crippen molar-refractivity contribution in [3.8, 4) is 0 Å². The highest BCUT2D eigenvalue weighted by molar-refractivity contribution is 6.70. The highest BCUT2D eigenvalue weighted by Gasteiger charge is 2.53. The zero-order valence-electron chi connectivity index (χ0n) is 15.5. The summed E-state index contributed by atoms with van der Waals surface area (Å²) < 4.78 is 17.5. The molecule has 3 atom stereocenters. The lowest BCUT2D eigenvalue weighted by Gasteiger charge is -2.37. The molecule has 2 aliphatic rings. The van der Waals surface area contributed by atoms with Crippen LogP contribution in [0.3, 0.4) is 0 Å². The molecule has 0 saturated carbocycles. The molecule has 1 aliphatic carbocycles. The van der Waals surface area contributed by atoms with Crippen molar-refractivity contribution >= 4 is 22.6 Å². The molecule has 0 unspecified atom stereocenters. The van der Waals surface area contributed by atoms with Gasteiger partial charge < -0.3 is 13.6 Å². The van der Waals surface area contributed by atoms with Crippen molar-refractivity contribution in [1.29, 1.82) is 0 Å². The van der Waals surface area contributed by atoms with Crippen LogP contribution in [0.1, 0.15) is 12.8 Å². The summed E-state index contributed by atoms with van der Waals surface area (Å²) in [4.78, 5) is 12.5. The van der Waals surface area contributed by atoms with Gasteiger partial charge in [-0.15, -0.1) is 0 Å². The second-order valence-electron chi connectivity index (χ2n) is 8.84. The van der Waals surface area contributed by atoms with Crippen LogP contribution in [-0.4, -0.2) is 42.4 Å². The summed E-state index contributed by atoms with van der Waals surface area (Å²) in [6.45, 7) is 15.0. The normalized spacial score (nSPS) is 31.1. The van der Waals surface area contributed by atoms with Crippen molar-refractivity contribution in [1.82, 2.24) is 0 Å². The van der Waals surface area contributed by atoms with E-state index in [9.17, 15) is 4.79 Å². The first-order valence-electron chi connectivity index (χ1n) is 8.65. The minimum atomic E-state index is -1.56. The van der Waals surface area contributed by atoms with E-state index >= 15 is 0 Å². The molecule has 0 aromatic heterocycles. The average Bonchev–Trinajstić information content (AvgIpc) is 2.71. The molecule has 1 fully saturated rings. The van der Waals surface area contributed by atoms with E-state index in [1.54, 1.807) is 0 Å². The lowest BCUT2D eigenvalue weighted by atomic mass is 9.66. The molecule has 0 spiro atoms. The predicted molar refractivity (Wildman–Crippen MR) is 97.3 cm³/mol. The maximum Gasteiger partial charge on any atom is 0.312 e. The van der Waals surface area contributed by atoms with Gasteiger partial charge in [-0.2, -0.15) is 0 Å². The number of rotatable bonds is 7. The van der Waals surface area contributed by atoms with E-state index in [2.05, 4.69) is 51.4 Å². The zero-order chi connectivity index (χ0) is 17.3. The first kappa shape index (κ1) is 18.9. The molecule has 0 radical (unpaired) electrons. The molecule has 23 heavy (non-hydrogen) atoms. The highest BCUT2D eigenvalue weighted by Crippen LogP contribution is 2.48. The number of hydrogen-bond donors (Lipinski definition) is 0. The van der Waals surface area contributed by atoms with Crippen LogP contribution in [0.25, 0.3) is 0 Å². The number of carbonyl (C=O) groups excluding carboxylic acids is 1. The van der Waals surface area contributed by atoms with Gasteiger partial charge in [-0.3, -0.25) is 4.79 Å². The van der Waals surface area contributed by atoms with Crippen molar-refractivity contribution in [3.63, 3.8) is 0 Å². The standard InChI is InChI=1S/C17H32O4Si2/c1-22(2,3)20-10-9-17-11-14(12-21-23(4,5)6)7-8-15(17)13-19-16(17)18/h7-8,14-15H,9-13H2,1-6H3/t14-,15-,17-/m0/s1. The number of ether oxygens (including phenoxy) is 1. The molecular formula is C17H32O4Si2. The van der Waals surface area contributed by atoms with Gasteiger partial charge in [-0.1, -0.05) is 12.2 Å². The van der Waals surface area contributed by atoms with Crippen molar-refractivity contribution < 1.29 is 18.4 Å². The van der Waals surface area contributed by atoms with Crippen molar-refractivity contribution in [2.45, 2.75) is 52.1 Å². The molecule has 6 heteroatoms. The minimum absolute atomic E-state index is 0.0379. The fourth-order valence-corrected chi connectivity index (χ4v) is 4.75. The Morgan fingerprint density at radius 2 is 1.78 bits per heavy atom. The Morgan fingerprint density at radius 1 is 1.13 bits per heavy atom. The van der Waals surface area contributed by atoms with Gasteiger partial charge in [-0.05, 0) is 52.1 Å². The van der Waals surface area contributed by atoms with E-state index in [-0.39, 0.29) is 11.9 Å². The predicted octanol–water partition coefficient (Wildman–Crippen LogP) is 3.82. The summed E-state index contributed by atoms with van der Waals surface area (Å²) >= 11 is 0. The van der Waals surface area contributed by atoms with Crippen molar-refractivity contribution in [3.05, 3.63) is 12.2 Å². The van der Waals surface area contributed by atoms with Gasteiger partial charge in [0.25, 0.3) is 0 Å². The maximum absolute atomic E-state index is 12.5. The van der Waals surface area contributed by atoms with Crippen LogP contribution >= 0.6 is 0 Å². The van der Waals surface area contributed by atoms with Gasteiger partial charge in [0.05, 0.1) is 12.0 Å². The Kier molecular flexibility index (Phi) is 5.60. The molecule has 4 nitrogen and oxygen atoms in total. The van der Waals surface area contributed by atoms with Crippen molar-refractivity contribution in [2.24, 2.45) is 17.3 Å². The van der Waals surface area contributed by atoms with Crippen LogP contribution in [0.4, 0.5) is 0 Å². The van der Waals surface area contributed by atoms with E-state index in [1.807, 2.05) is 0 Å². The first-order valence-corrected chi connectivity index (χ1v) is 15.5. The maximum atomic E-state index is 12.5. The Labute approximate surface area is 142 Å². The van der Waals surface area contributed by atoms with Gasteiger partial charge in [0, 0.05) is 25.0 Å². The molecule has 0 aromatic rings. The molecule has 132 valence electrons. The summed E-state index contributed by atoms with van der Waals surface area (Å²) in [5, 5.41) is 0. The fourth-order valence-electron chi connectivity index (χ4n) is 3.32. The third-order valence-corrected chi connectivity index (χ3v) is 6.67. The smallest absolute Gasteiger partial charge is 0.312 e. The number of esters is 1. The molecule has 1 saturated heterocycles. The Morgan fingerprint density at radius 3 is 2.39 bits per heavy atom. The summed E-state index contributed by atoms with van der Waals surface area (Å²) in [5.74, 6) is 0.461. The van der Waals surface area contributed by atoms with Gasteiger partial charge in [-0.25, -0.2) is 0 Å². The number of fused-ring (bicyclic) bond motifs is 1. The Balaban J connectivity index is 2.04. The van der Waals surface area contributed by atoms with Crippen molar-refractivity contribution in [2.75, 3.05) is 19.8 Å². The zero-order valence-corrected chi connectivity index (χ0v) is 17.5. The number of cyclic esters (lactones) is 1. The summed E-state index contributed by atoms with van der Waals surface area (Å²) in [6.07, 6.45) is 5.99. The first-order chi connectivity index (χ1) is 10.5. The quantitative estimate of drug-likeness (QED) is 0.395. The molecule has 1 aliphatic heterocycles. The Bertz CT molecular complexity index is 464. The summed E-state index contributed by atoms with van der Waals surface area (Å²) in [6, 6.07) is 0. The van der Waals surface area contributed by atoms with Crippen LogP contribution < -0.4 is 0 Å². The van der Waals surface area contributed by atoms with Gasteiger partial charge in [0.1, 0.15) is 0 Å². The lowest BCUT2D eigenvalue weighted by Crippen LogP contribution is -2.41. The second-order valence-corrected chi connectivity index (χ2v) is 17.9. The van der Waals surface area contributed by atoms with E-state index in [4.69, 9.17) is 13.6 Å². The highest BCUT2D eigenvalue weighted by atomic mass is 28.4. The van der Waals surface area contributed by atoms with Crippen LogP contribution in [0.2, 0.25) is 39.3 Å². The molecule has 2 rings (SSSR count). The molecule has 0 N–H and O–H groups in total. The molecule has 0 bridgehead atoms. The minimum Gasteiger partial charge on any atom is -0.465 e.